The molecule has 20 heavy (non-hydrogen) atoms. The van der Waals surface area contributed by atoms with E-state index in [1.165, 1.54) is 0 Å². The first-order valence-electron chi connectivity index (χ1n) is 6.07. The Morgan fingerprint density at radius 3 is 2.90 bits per heavy atom. The summed E-state index contributed by atoms with van der Waals surface area (Å²) in [5.41, 5.74) is 3.34. The third-order valence-electron chi connectivity index (χ3n) is 2.75. The van der Waals surface area contributed by atoms with E-state index in [1.807, 2.05) is 23.5 Å². The van der Waals surface area contributed by atoms with Crippen LogP contribution in [0.3, 0.4) is 0 Å². The molecule has 0 unspecified atom stereocenters. The number of nitrogens with one attached hydrogen (secondary N) is 1. The Hall–Kier alpha value is -0.660. The standard InChI is InChI=1S/C13H15BrN2O2S2/c1-13(19-4-5-20-13)7-12(18)16-15-8-9-2-3-11(17)10(14)6-9/h2-3,6,8,17H,4-5,7H2,1H3,(H,16,18)/b15-8+. The van der Waals surface area contributed by atoms with Gasteiger partial charge in [-0.3, -0.25) is 4.79 Å². The molecule has 0 aliphatic carbocycles. The number of hydrazone groups is 1. The molecule has 0 aromatic heterocycles. The van der Waals surface area contributed by atoms with E-state index >= 15 is 0 Å². The molecule has 0 spiro atoms. The molecule has 2 rings (SSSR count). The fourth-order valence-electron chi connectivity index (χ4n) is 1.77. The molecule has 0 radical (unpaired) electrons. The van der Waals surface area contributed by atoms with Gasteiger partial charge < -0.3 is 5.11 Å². The number of carbonyl (C=O) groups is 1. The quantitative estimate of drug-likeness (QED) is 0.627. The Balaban J connectivity index is 1.86. The SMILES string of the molecule is CC1(CC(=O)N/N=C/c2ccc(O)c(Br)c2)SCCS1. The minimum Gasteiger partial charge on any atom is -0.507 e. The first-order valence-corrected chi connectivity index (χ1v) is 8.83. The minimum atomic E-state index is -0.0801. The number of halogens is 1. The maximum absolute atomic E-state index is 11.8. The molecule has 1 aliphatic heterocycles. The molecule has 1 aliphatic rings. The number of phenols is 1. The van der Waals surface area contributed by atoms with Gasteiger partial charge in [0.05, 0.1) is 21.2 Å². The van der Waals surface area contributed by atoms with E-state index in [4.69, 9.17) is 0 Å². The molecule has 1 aromatic carbocycles. The Bertz CT molecular complexity index is 531. The summed E-state index contributed by atoms with van der Waals surface area (Å²) in [6, 6.07) is 5.02. The second-order valence-corrected chi connectivity index (χ2v) is 8.82. The van der Waals surface area contributed by atoms with Crippen molar-refractivity contribution in [3.8, 4) is 5.75 Å². The highest BCUT2D eigenvalue weighted by molar-refractivity contribution is 9.10. The largest absolute Gasteiger partial charge is 0.507 e. The van der Waals surface area contributed by atoms with E-state index in [9.17, 15) is 9.90 Å². The van der Waals surface area contributed by atoms with Crippen molar-refractivity contribution in [3.63, 3.8) is 0 Å². The fraction of sp³-hybridized carbons (Fsp3) is 0.385. The molecule has 0 bridgehead atoms. The Morgan fingerprint density at radius 1 is 1.55 bits per heavy atom. The van der Waals surface area contributed by atoms with Crippen LogP contribution in [0.2, 0.25) is 0 Å². The van der Waals surface area contributed by atoms with E-state index in [2.05, 4.69) is 33.4 Å². The summed E-state index contributed by atoms with van der Waals surface area (Å²) < 4.78 is 0.570. The third kappa shape index (κ3) is 4.43. The van der Waals surface area contributed by atoms with E-state index in [1.54, 1.807) is 24.4 Å². The lowest BCUT2D eigenvalue weighted by Gasteiger charge is -2.19. The number of thioether (sulfide) groups is 2. The molecule has 1 aromatic rings. The van der Waals surface area contributed by atoms with Crippen LogP contribution in [0, 0.1) is 0 Å². The van der Waals surface area contributed by atoms with Gasteiger partial charge in [0.2, 0.25) is 5.91 Å². The van der Waals surface area contributed by atoms with Gasteiger partial charge in [-0.2, -0.15) is 5.10 Å². The zero-order chi connectivity index (χ0) is 14.6. The number of rotatable bonds is 4. The number of phenolic OH excluding ortho intramolecular Hbond substituents is 1. The van der Waals surface area contributed by atoms with E-state index < -0.39 is 0 Å². The van der Waals surface area contributed by atoms with Crippen LogP contribution in [0.25, 0.3) is 0 Å². The Kier molecular flexibility index (Phi) is 5.40. The molecule has 2 N–H and O–H groups in total. The summed E-state index contributed by atoms with van der Waals surface area (Å²) in [6.07, 6.45) is 2.01. The molecule has 7 heteroatoms. The molecule has 1 amide bonds. The maximum atomic E-state index is 11.8. The average Bonchev–Trinajstić information content (AvgIpc) is 2.80. The molecule has 4 nitrogen and oxygen atoms in total. The average molecular weight is 375 g/mol. The molecule has 108 valence electrons. The predicted molar refractivity (Wildman–Crippen MR) is 89.5 cm³/mol. The number of aromatic hydroxyl groups is 1. The van der Waals surface area contributed by atoms with Crippen LogP contribution in [0.15, 0.2) is 27.8 Å². The number of hydrogen-bond acceptors (Lipinski definition) is 5. The number of benzene rings is 1. The zero-order valence-electron chi connectivity index (χ0n) is 10.9. The third-order valence-corrected chi connectivity index (χ3v) is 6.68. The van der Waals surface area contributed by atoms with E-state index in [0.717, 1.165) is 17.1 Å². The highest BCUT2D eigenvalue weighted by atomic mass is 79.9. The first-order chi connectivity index (χ1) is 9.48. The Labute approximate surface area is 134 Å². The van der Waals surface area contributed by atoms with Gasteiger partial charge in [0.1, 0.15) is 5.75 Å². The number of carbonyl (C=O) groups excluding carboxylic acids is 1. The zero-order valence-corrected chi connectivity index (χ0v) is 14.1. The highest BCUT2D eigenvalue weighted by Gasteiger charge is 2.32. The van der Waals surface area contributed by atoms with Gasteiger partial charge in [0.15, 0.2) is 0 Å². The number of hydrogen-bond donors (Lipinski definition) is 2. The first kappa shape index (κ1) is 15.7. The van der Waals surface area contributed by atoms with Gasteiger partial charge in [0.25, 0.3) is 0 Å². The second kappa shape index (κ2) is 6.87. The maximum Gasteiger partial charge on any atom is 0.242 e. The number of amides is 1. The van der Waals surface area contributed by atoms with Crippen molar-refractivity contribution in [2.24, 2.45) is 5.10 Å². The molecular weight excluding hydrogens is 360 g/mol. The number of nitrogens with zero attached hydrogens (tertiary/aromatic N) is 1. The lowest BCUT2D eigenvalue weighted by atomic mass is 10.2. The van der Waals surface area contributed by atoms with E-state index in [0.29, 0.717) is 10.9 Å². The Morgan fingerprint density at radius 2 is 2.25 bits per heavy atom. The molecule has 0 saturated carbocycles. The summed E-state index contributed by atoms with van der Waals surface area (Å²) in [4.78, 5) is 11.8. The van der Waals surface area contributed by atoms with Crippen LogP contribution in [-0.2, 0) is 4.79 Å². The molecule has 1 fully saturated rings. The van der Waals surface area contributed by atoms with Gasteiger partial charge in [-0.25, -0.2) is 5.43 Å². The lowest BCUT2D eigenvalue weighted by Crippen LogP contribution is -2.26. The fourth-order valence-corrected chi connectivity index (χ4v) is 5.00. The van der Waals surface area contributed by atoms with Crippen LogP contribution in [0.4, 0.5) is 0 Å². The van der Waals surface area contributed by atoms with Crippen molar-refractivity contribution in [3.05, 3.63) is 28.2 Å². The predicted octanol–water partition coefficient (Wildman–Crippen LogP) is 3.19. The van der Waals surface area contributed by atoms with Crippen molar-refractivity contribution >= 4 is 51.6 Å². The van der Waals surface area contributed by atoms with E-state index in [-0.39, 0.29) is 15.7 Å². The molecule has 0 atom stereocenters. The normalized spacial score (nSPS) is 17.5. The van der Waals surface area contributed by atoms with Crippen LogP contribution < -0.4 is 5.43 Å². The summed E-state index contributed by atoms with van der Waals surface area (Å²) in [5, 5.41) is 13.3. The molecular formula is C13H15BrN2O2S2. The van der Waals surface area contributed by atoms with Crippen molar-refractivity contribution in [1.82, 2.24) is 5.43 Å². The van der Waals surface area contributed by atoms with Gasteiger partial charge in [-0.05, 0) is 46.6 Å². The topological polar surface area (TPSA) is 61.7 Å². The van der Waals surface area contributed by atoms with Gasteiger partial charge >= 0.3 is 0 Å². The summed E-state index contributed by atoms with van der Waals surface area (Å²) >= 11 is 6.87. The summed E-state index contributed by atoms with van der Waals surface area (Å²) in [7, 11) is 0. The van der Waals surface area contributed by atoms with Crippen LogP contribution >= 0.6 is 39.5 Å². The molecule has 1 saturated heterocycles. The van der Waals surface area contributed by atoms with Crippen LogP contribution in [0.1, 0.15) is 18.9 Å². The smallest absolute Gasteiger partial charge is 0.242 e. The minimum absolute atomic E-state index is 0.0266. The van der Waals surface area contributed by atoms with Crippen LogP contribution in [0.5, 0.6) is 5.75 Å². The van der Waals surface area contributed by atoms with Gasteiger partial charge in [0, 0.05) is 11.5 Å². The monoisotopic (exact) mass is 374 g/mol. The van der Waals surface area contributed by atoms with Gasteiger partial charge in [-0.15, -0.1) is 23.5 Å². The summed E-state index contributed by atoms with van der Waals surface area (Å²) in [6.45, 7) is 2.09. The van der Waals surface area contributed by atoms with Gasteiger partial charge in [-0.1, -0.05) is 0 Å². The van der Waals surface area contributed by atoms with Crippen molar-refractivity contribution in [2.45, 2.75) is 17.4 Å². The van der Waals surface area contributed by atoms with Crippen molar-refractivity contribution in [2.75, 3.05) is 11.5 Å². The highest BCUT2D eigenvalue weighted by Crippen LogP contribution is 2.45. The second-order valence-electron chi connectivity index (χ2n) is 4.51. The van der Waals surface area contributed by atoms with Crippen molar-refractivity contribution < 1.29 is 9.90 Å². The summed E-state index contributed by atoms with van der Waals surface area (Å²) in [5.74, 6) is 2.29. The van der Waals surface area contributed by atoms with Crippen LogP contribution in [-0.4, -0.2) is 32.8 Å². The van der Waals surface area contributed by atoms with Crippen molar-refractivity contribution in [1.29, 1.82) is 0 Å². The lowest BCUT2D eigenvalue weighted by molar-refractivity contribution is -0.121. The molecule has 1 heterocycles.